The van der Waals surface area contributed by atoms with Gasteiger partial charge in [0.1, 0.15) is 5.75 Å². The largest absolute Gasteiger partial charge is 0.496 e. The van der Waals surface area contributed by atoms with Crippen molar-refractivity contribution in [1.82, 2.24) is 4.90 Å². The lowest BCUT2D eigenvalue weighted by Gasteiger charge is -2.23. The number of hydrogen-bond acceptors (Lipinski definition) is 2. The molecular formula is C15H19NO2. The van der Waals surface area contributed by atoms with Crippen LogP contribution in [-0.4, -0.2) is 25.0 Å². The Morgan fingerprint density at radius 2 is 2.00 bits per heavy atom. The fraction of sp³-hybridized carbons (Fsp3) is 0.533. The second-order valence-corrected chi connectivity index (χ2v) is 5.55. The van der Waals surface area contributed by atoms with Crippen LogP contribution in [0.1, 0.15) is 34.7 Å². The molecule has 2 atom stereocenters. The smallest absolute Gasteiger partial charge is 0.223 e. The Kier molecular flexibility index (Phi) is 2.40. The maximum atomic E-state index is 11.9. The standard InChI is InChI=1S/C15H19NO2/c1-8-5-9(2)15(18-4)13-11(8)6-10-7-12(17)16(3)14(10)13/h5,10,14H,6-7H2,1-4H3. The number of ether oxygens (including phenoxy) is 1. The summed E-state index contributed by atoms with van der Waals surface area (Å²) in [6.45, 7) is 4.24. The van der Waals surface area contributed by atoms with E-state index >= 15 is 0 Å². The molecule has 1 aliphatic carbocycles. The number of hydrogen-bond donors (Lipinski definition) is 0. The fourth-order valence-corrected chi connectivity index (χ4v) is 3.72. The van der Waals surface area contributed by atoms with Gasteiger partial charge in [-0.1, -0.05) is 6.07 Å². The number of nitrogens with zero attached hydrogens (tertiary/aromatic N) is 1. The SMILES string of the molecule is COc1c(C)cc(C)c2c1C1C(CC(=O)N1C)C2. The van der Waals surface area contributed by atoms with E-state index in [1.54, 1.807) is 7.11 Å². The highest BCUT2D eigenvalue weighted by Crippen LogP contribution is 2.51. The topological polar surface area (TPSA) is 29.5 Å². The first-order valence-electron chi connectivity index (χ1n) is 6.47. The number of benzene rings is 1. The van der Waals surface area contributed by atoms with E-state index in [1.807, 2.05) is 11.9 Å². The van der Waals surface area contributed by atoms with Crippen LogP contribution in [0.2, 0.25) is 0 Å². The molecule has 18 heavy (non-hydrogen) atoms. The van der Waals surface area contributed by atoms with Gasteiger partial charge in [0.2, 0.25) is 5.91 Å². The number of aryl methyl sites for hydroxylation is 2. The van der Waals surface area contributed by atoms with Crippen molar-refractivity contribution < 1.29 is 9.53 Å². The molecule has 2 aliphatic rings. The molecule has 3 heteroatoms. The molecule has 96 valence electrons. The van der Waals surface area contributed by atoms with Crippen molar-refractivity contribution >= 4 is 5.91 Å². The van der Waals surface area contributed by atoms with E-state index in [-0.39, 0.29) is 11.9 Å². The maximum Gasteiger partial charge on any atom is 0.223 e. The molecule has 0 saturated carbocycles. The van der Waals surface area contributed by atoms with Crippen LogP contribution in [0.15, 0.2) is 6.07 Å². The number of likely N-dealkylation sites (tertiary alicyclic amines) is 1. The van der Waals surface area contributed by atoms with Crippen LogP contribution in [-0.2, 0) is 11.2 Å². The lowest BCUT2D eigenvalue weighted by atomic mass is 9.98. The van der Waals surface area contributed by atoms with E-state index in [0.29, 0.717) is 12.3 Å². The minimum absolute atomic E-state index is 0.223. The quantitative estimate of drug-likeness (QED) is 0.760. The zero-order valence-corrected chi connectivity index (χ0v) is 11.4. The molecule has 1 amide bonds. The summed E-state index contributed by atoms with van der Waals surface area (Å²) in [5.41, 5.74) is 5.15. The van der Waals surface area contributed by atoms with Crippen molar-refractivity contribution in [3.63, 3.8) is 0 Å². The predicted octanol–water partition coefficient (Wildman–Crippen LogP) is 2.39. The zero-order valence-electron chi connectivity index (χ0n) is 11.4. The molecule has 0 radical (unpaired) electrons. The minimum atomic E-state index is 0.223. The van der Waals surface area contributed by atoms with Crippen LogP contribution in [0, 0.1) is 19.8 Å². The van der Waals surface area contributed by atoms with Gasteiger partial charge in [-0.2, -0.15) is 0 Å². The lowest BCUT2D eigenvalue weighted by Crippen LogP contribution is -2.23. The van der Waals surface area contributed by atoms with Gasteiger partial charge in [-0.15, -0.1) is 0 Å². The van der Waals surface area contributed by atoms with Crippen LogP contribution in [0.5, 0.6) is 5.75 Å². The third-order valence-electron chi connectivity index (χ3n) is 4.50. The Hall–Kier alpha value is -1.51. The molecule has 0 spiro atoms. The summed E-state index contributed by atoms with van der Waals surface area (Å²) in [5.74, 6) is 1.67. The molecular weight excluding hydrogens is 226 g/mol. The molecule has 1 aromatic rings. The van der Waals surface area contributed by atoms with E-state index in [2.05, 4.69) is 19.9 Å². The highest BCUT2D eigenvalue weighted by Gasteiger charge is 2.46. The van der Waals surface area contributed by atoms with Gasteiger partial charge in [-0.3, -0.25) is 4.79 Å². The normalized spacial score (nSPS) is 25.3. The second-order valence-electron chi connectivity index (χ2n) is 5.55. The van der Waals surface area contributed by atoms with Crippen molar-refractivity contribution in [2.24, 2.45) is 5.92 Å². The monoisotopic (exact) mass is 245 g/mol. The highest BCUT2D eigenvalue weighted by atomic mass is 16.5. The van der Waals surface area contributed by atoms with Gasteiger partial charge in [0.25, 0.3) is 0 Å². The van der Waals surface area contributed by atoms with Crippen molar-refractivity contribution in [2.45, 2.75) is 32.7 Å². The maximum absolute atomic E-state index is 11.9. The van der Waals surface area contributed by atoms with Crippen molar-refractivity contribution in [1.29, 1.82) is 0 Å². The molecule has 1 heterocycles. The Morgan fingerprint density at radius 1 is 1.28 bits per heavy atom. The summed E-state index contributed by atoms with van der Waals surface area (Å²) in [4.78, 5) is 13.8. The number of carbonyl (C=O) groups excluding carboxylic acids is 1. The third kappa shape index (κ3) is 1.33. The highest BCUT2D eigenvalue weighted by molar-refractivity contribution is 5.80. The Balaban J connectivity index is 2.21. The van der Waals surface area contributed by atoms with E-state index < -0.39 is 0 Å². The molecule has 1 fully saturated rings. The first-order chi connectivity index (χ1) is 8.54. The number of carbonyl (C=O) groups is 1. The van der Waals surface area contributed by atoms with Crippen molar-refractivity contribution in [3.8, 4) is 5.75 Å². The molecule has 1 aromatic carbocycles. The summed E-state index contributed by atoms with van der Waals surface area (Å²) in [6, 6.07) is 2.42. The first kappa shape index (κ1) is 11.6. The van der Waals surface area contributed by atoms with Crippen LogP contribution in [0.4, 0.5) is 0 Å². The van der Waals surface area contributed by atoms with Gasteiger partial charge in [0.15, 0.2) is 0 Å². The second kappa shape index (κ2) is 3.74. The number of fused-ring (bicyclic) bond motifs is 3. The molecule has 3 nitrogen and oxygen atoms in total. The zero-order chi connectivity index (χ0) is 13.0. The van der Waals surface area contributed by atoms with Crippen LogP contribution < -0.4 is 4.74 Å². The van der Waals surface area contributed by atoms with Gasteiger partial charge in [0.05, 0.1) is 13.2 Å². The van der Waals surface area contributed by atoms with Crippen molar-refractivity contribution in [2.75, 3.05) is 14.2 Å². The molecule has 0 N–H and O–H groups in total. The van der Waals surface area contributed by atoms with E-state index in [9.17, 15) is 4.79 Å². The predicted molar refractivity (Wildman–Crippen MR) is 69.8 cm³/mol. The summed E-state index contributed by atoms with van der Waals surface area (Å²) in [6.07, 6.45) is 1.69. The number of methoxy groups -OCH3 is 1. The molecule has 1 aliphatic heterocycles. The van der Waals surface area contributed by atoms with Gasteiger partial charge in [0, 0.05) is 19.0 Å². The van der Waals surface area contributed by atoms with Crippen molar-refractivity contribution in [3.05, 3.63) is 28.3 Å². The van der Waals surface area contributed by atoms with E-state index in [1.165, 1.54) is 22.3 Å². The summed E-state index contributed by atoms with van der Waals surface area (Å²) >= 11 is 0. The molecule has 0 bridgehead atoms. The summed E-state index contributed by atoms with van der Waals surface area (Å²) < 4.78 is 5.60. The fourth-order valence-electron chi connectivity index (χ4n) is 3.72. The molecule has 0 aromatic heterocycles. The minimum Gasteiger partial charge on any atom is -0.496 e. The van der Waals surface area contributed by atoms with E-state index in [4.69, 9.17) is 4.74 Å². The van der Waals surface area contributed by atoms with Gasteiger partial charge >= 0.3 is 0 Å². The molecule has 2 unspecified atom stereocenters. The summed E-state index contributed by atoms with van der Waals surface area (Å²) in [5, 5.41) is 0. The van der Waals surface area contributed by atoms with Crippen LogP contribution in [0.25, 0.3) is 0 Å². The number of amides is 1. The van der Waals surface area contributed by atoms with Crippen LogP contribution in [0.3, 0.4) is 0 Å². The molecule has 3 rings (SSSR count). The average molecular weight is 245 g/mol. The van der Waals surface area contributed by atoms with Gasteiger partial charge < -0.3 is 9.64 Å². The first-order valence-corrected chi connectivity index (χ1v) is 6.47. The van der Waals surface area contributed by atoms with Gasteiger partial charge in [-0.05, 0) is 42.9 Å². The Morgan fingerprint density at radius 3 is 2.67 bits per heavy atom. The Bertz CT molecular complexity index is 536. The molecule has 1 saturated heterocycles. The summed E-state index contributed by atoms with van der Waals surface area (Å²) in [7, 11) is 3.64. The van der Waals surface area contributed by atoms with E-state index in [0.717, 1.165) is 12.2 Å². The third-order valence-corrected chi connectivity index (χ3v) is 4.50. The van der Waals surface area contributed by atoms with Gasteiger partial charge in [-0.25, -0.2) is 0 Å². The number of rotatable bonds is 1. The Labute approximate surface area is 108 Å². The van der Waals surface area contributed by atoms with Crippen LogP contribution >= 0.6 is 0 Å². The average Bonchev–Trinajstić information content (AvgIpc) is 2.79. The lowest BCUT2D eigenvalue weighted by molar-refractivity contribution is -0.127.